The zero-order chi connectivity index (χ0) is 27.8. The third-order valence-electron chi connectivity index (χ3n) is 5.99. The first-order valence-electron chi connectivity index (χ1n) is 12.0. The number of benzene rings is 2. The molecule has 0 saturated carbocycles. The topological polar surface area (TPSA) is 119 Å². The molecular formula is C27H21N7O3S3. The van der Waals surface area contributed by atoms with Crippen molar-refractivity contribution < 1.29 is 14.3 Å². The molecule has 2 aromatic carbocycles. The van der Waals surface area contributed by atoms with Crippen LogP contribution in [0.25, 0.3) is 36.5 Å². The smallest absolute Gasteiger partial charge is 0.254 e. The fourth-order valence-corrected chi connectivity index (χ4v) is 6.53. The Balaban J connectivity index is 1.21. The number of amides is 1. The number of nitriles is 1. The molecule has 0 fully saturated rings. The van der Waals surface area contributed by atoms with Gasteiger partial charge in [-0.3, -0.25) is 4.79 Å². The Bertz CT molecular complexity index is 1860. The monoisotopic (exact) mass is 587 g/mol. The summed E-state index contributed by atoms with van der Waals surface area (Å²) in [5, 5.41) is 17.8. The number of fused-ring (bicyclic) bond motifs is 2. The number of thiazole rings is 2. The van der Waals surface area contributed by atoms with Crippen LogP contribution in [0.4, 0.5) is 0 Å². The molecule has 200 valence electrons. The van der Waals surface area contributed by atoms with Gasteiger partial charge >= 0.3 is 0 Å². The highest BCUT2D eigenvalue weighted by Crippen LogP contribution is 2.39. The standard InChI is InChI=1S/C27H21N7O3S3/c1-15-32-34-12-21(31-27(34)39-15)25-30-20-10-19(36-3)11-22(23(20)40-25)37-13-18-14-38-24(29-18)16-4-6-17(7-5-16)26(35)33(2)9-8-28/h4-7,10-12,14H,9,13H2,1-3H3. The molecule has 0 unspecified atom stereocenters. The molecule has 0 aliphatic heterocycles. The lowest BCUT2D eigenvalue weighted by molar-refractivity contribution is 0.0812. The molecule has 0 atom stereocenters. The Morgan fingerprint density at radius 2 is 1.95 bits per heavy atom. The maximum absolute atomic E-state index is 12.4. The summed E-state index contributed by atoms with van der Waals surface area (Å²) in [5.74, 6) is 1.11. The summed E-state index contributed by atoms with van der Waals surface area (Å²) >= 11 is 4.54. The van der Waals surface area contributed by atoms with Gasteiger partial charge in [-0.05, 0) is 19.1 Å². The summed E-state index contributed by atoms with van der Waals surface area (Å²) in [6.45, 7) is 2.26. The maximum Gasteiger partial charge on any atom is 0.254 e. The summed E-state index contributed by atoms with van der Waals surface area (Å²) in [6, 6.07) is 12.9. The summed E-state index contributed by atoms with van der Waals surface area (Å²) in [6.07, 6.45) is 1.89. The number of hydrogen-bond donors (Lipinski definition) is 0. The first-order valence-corrected chi connectivity index (χ1v) is 14.5. The van der Waals surface area contributed by atoms with Crippen molar-refractivity contribution in [2.75, 3.05) is 20.7 Å². The van der Waals surface area contributed by atoms with Gasteiger partial charge in [-0.2, -0.15) is 10.4 Å². The number of carbonyl (C=O) groups excluding carboxylic acids is 1. The molecule has 6 aromatic rings. The Labute approximate surface area is 240 Å². The Morgan fingerprint density at radius 1 is 1.12 bits per heavy atom. The van der Waals surface area contributed by atoms with E-state index < -0.39 is 0 Å². The molecule has 0 bridgehead atoms. The molecule has 13 heteroatoms. The van der Waals surface area contributed by atoms with Gasteiger partial charge in [0.2, 0.25) is 4.96 Å². The van der Waals surface area contributed by atoms with E-state index in [2.05, 4.69) is 10.1 Å². The predicted octanol–water partition coefficient (Wildman–Crippen LogP) is 5.68. The van der Waals surface area contributed by atoms with E-state index in [9.17, 15) is 4.79 Å². The van der Waals surface area contributed by atoms with Crippen LogP contribution in [-0.4, -0.2) is 56.1 Å². The fourth-order valence-electron chi connectivity index (χ4n) is 4.03. The van der Waals surface area contributed by atoms with E-state index in [1.54, 1.807) is 30.8 Å². The van der Waals surface area contributed by atoms with Crippen molar-refractivity contribution in [1.29, 1.82) is 5.26 Å². The Kier molecular flexibility index (Phi) is 6.89. The molecule has 0 N–H and O–H groups in total. The van der Waals surface area contributed by atoms with Crippen molar-refractivity contribution in [3.8, 4) is 38.8 Å². The molecular weight excluding hydrogens is 567 g/mol. The van der Waals surface area contributed by atoms with Gasteiger partial charge in [-0.25, -0.2) is 19.5 Å². The van der Waals surface area contributed by atoms with Crippen LogP contribution in [0.3, 0.4) is 0 Å². The molecule has 10 nitrogen and oxygen atoms in total. The second-order valence-electron chi connectivity index (χ2n) is 8.80. The van der Waals surface area contributed by atoms with Crippen molar-refractivity contribution in [2.45, 2.75) is 13.5 Å². The largest absolute Gasteiger partial charge is 0.497 e. The number of aryl methyl sites for hydroxylation is 1. The Morgan fingerprint density at radius 3 is 2.70 bits per heavy atom. The second kappa shape index (κ2) is 10.6. The minimum Gasteiger partial charge on any atom is -0.497 e. The molecule has 6 rings (SSSR count). The van der Waals surface area contributed by atoms with Gasteiger partial charge in [0.1, 0.15) is 45.4 Å². The van der Waals surface area contributed by atoms with Crippen molar-refractivity contribution in [1.82, 2.24) is 29.5 Å². The van der Waals surface area contributed by atoms with Crippen molar-refractivity contribution >= 4 is 55.1 Å². The molecule has 1 amide bonds. The third kappa shape index (κ3) is 5.00. The normalized spacial score (nSPS) is 11.2. The molecule has 4 heterocycles. The number of carbonyl (C=O) groups is 1. The van der Waals surface area contributed by atoms with E-state index in [1.165, 1.54) is 38.9 Å². The minimum atomic E-state index is -0.198. The predicted molar refractivity (Wildman–Crippen MR) is 155 cm³/mol. The third-order valence-corrected chi connectivity index (χ3v) is 8.88. The number of imidazole rings is 1. The number of ether oxygens (including phenoxy) is 2. The molecule has 0 spiro atoms. The number of aromatic nitrogens is 5. The van der Waals surface area contributed by atoms with Crippen molar-refractivity contribution in [3.63, 3.8) is 0 Å². The lowest BCUT2D eigenvalue weighted by Crippen LogP contribution is -2.26. The number of hydrogen-bond acceptors (Lipinski definition) is 11. The highest BCUT2D eigenvalue weighted by molar-refractivity contribution is 7.22. The molecule has 0 saturated heterocycles. The van der Waals surface area contributed by atoms with E-state index in [-0.39, 0.29) is 19.1 Å². The summed E-state index contributed by atoms with van der Waals surface area (Å²) in [5.41, 5.74) is 3.73. The summed E-state index contributed by atoms with van der Waals surface area (Å²) < 4.78 is 14.4. The van der Waals surface area contributed by atoms with Crippen LogP contribution in [0.5, 0.6) is 11.5 Å². The summed E-state index contributed by atoms with van der Waals surface area (Å²) in [4.78, 5) is 28.8. The van der Waals surface area contributed by atoms with Gasteiger partial charge in [0.25, 0.3) is 5.91 Å². The van der Waals surface area contributed by atoms with Crippen LogP contribution in [0.1, 0.15) is 21.1 Å². The zero-order valence-electron chi connectivity index (χ0n) is 21.6. The van der Waals surface area contributed by atoms with E-state index >= 15 is 0 Å². The van der Waals surface area contributed by atoms with Gasteiger partial charge in [0.15, 0.2) is 0 Å². The van der Waals surface area contributed by atoms with E-state index in [4.69, 9.17) is 24.7 Å². The first-order chi connectivity index (χ1) is 19.4. The van der Waals surface area contributed by atoms with Crippen molar-refractivity contribution in [3.05, 3.63) is 64.2 Å². The quantitative estimate of drug-likeness (QED) is 0.209. The lowest BCUT2D eigenvalue weighted by Gasteiger charge is -2.12. The van der Waals surface area contributed by atoms with Gasteiger partial charge in [0.05, 0.1) is 35.3 Å². The fraction of sp³-hybridized carbons (Fsp3) is 0.185. The molecule has 4 aromatic heterocycles. The van der Waals surface area contributed by atoms with Gasteiger partial charge < -0.3 is 14.4 Å². The van der Waals surface area contributed by atoms with Crippen LogP contribution in [0, 0.1) is 18.3 Å². The van der Waals surface area contributed by atoms with Gasteiger partial charge in [-0.15, -0.1) is 22.7 Å². The highest BCUT2D eigenvalue weighted by Gasteiger charge is 2.17. The molecule has 40 heavy (non-hydrogen) atoms. The van der Waals surface area contributed by atoms with Crippen LogP contribution < -0.4 is 9.47 Å². The van der Waals surface area contributed by atoms with Crippen molar-refractivity contribution in [2.24, 2.45) is 0 Å². The molecule has 0 aliphatic rings. The van der Waals surface area contributed by atoms with Gasteiger partial charge in [0, 0.05) is 35.7 Å². The average Bonchev–Trinajstić information content (AvgIpc) is 3.74. The number of nitrogens with zero attached hydrogens (tertiary/aromatic N) is 7. The SMILES string of the molecule is COc1cc(OCc2csc(-c3ccc(C(=O)N(C)CC#N)cc3)n2)c2sc(-c3cn4nc(C)sc4n3)nc2c1. The second-order valence-corrected chi connectivity index (χ2v) is 11.8. The van der Waals surface area contributed by atoms with Crippen LogP contribution >= 0.6 is 34.0 Å². The lowest BCUT2D eigenvalue weighted by atomic mass is 10.1. The van der Waals surface area contributed by atoms with E-state index in [0.29, 0.717) is 17.1 Å². The summed E-state index contributed by atoms with van der Waals surface area (Å²) in [7, 11) is 3.22. The van der Waals surface area contributed by atoms with Crippen LogP contribution in [0.15, 0.2) is 48.0 Å². The van der Waals surface area contributed by atoms with E-state index in [1.807, 2.05) is 48.8 Å². The maximum atomic E-state index is 12.4. The number of rotatable bonds is 8. The van der Waals surface area contributed by atoms with Crippen LogP contribution in [0.2, 0.25) is 0 Å². The zero-order valence-corrected chi connectivity index (χ0v) is 24.1. The van der Waals surface area contributed by atoms with Gasteiger partial charge in [-0.1, -0.05) is 23.5 Å². The first kappa shape index (κ1) is 25.9. The number of methoxy groups -OCH3 is 1. The average molecular weight is 588 g/mol. The molecule has 0 radical (unpaired) electrons. The highest BCUT2D eigenvalue weighted by atomic mass is 32.1. The minimum absolute atomic E-state index is 0.0398. The van der Waals surface area contributed by atoms with E-state index in [0.717, 1.165) is 47.2 Å². The Hall–Kier alpha value is -4.38. The molecule has 0 aliphatic carbocycles. The van der Waals surface area contributed by atoms with Crippen LogP contribution in [-0.2, 0) is 6.61 Å².